The van der Waals surface area contributed by atoms with Gasteiger partial charge in [-0.25, -0.2) is 0 Å². The van der Waals surface area contributed by atoms with Crippen molar-refractivity contribution in [3.8, 4) is 0 Å². The Hall–Kier alpha value is -0.560. The third kappa shape index (κ3) is 9.74. The van der Waals surface area contributed by atoms with Crippen LogP contribution in [0.2, 0.25) is 0 Å². The Morgan fingerprint density at radius 3 is 2.60 bits per heavy atom. The van der Waals surface area contributed by atoms with Crippen molar-refractivity contribution in [2.75, 3.05) is 29.6 Å². The van der Waals surface area contributed by atoms with Crippen molar-refractivity contribution in [2.24, 2.45) is 0 Å². The van der Waals surface area contributed by atoms with Crippen molar-refractivity contribution in [3.05, 3.63) is 0 Å². The van der Waals surface area contributed by atoms with Gasteiger partial charge in [-0.15, -0.1) is 11.8 Å². The van der Waals surface area contributed by atoms with Gasteiger partial charge in [0.25, 0.3) is 0 Å². The summed E-state index contributed by atoms with van der Waals surface area (Å²) >= 11 is 1.05. The van der Waals surface area contributed by atoms with Gasteiger partial charge < -0.3 is 10.4 Å². The molecule has 1 atom stereocenters. The molecule has 7 heteroatoms. The first kappa shape index (κ1) is 14.4. The van der Waals surface area contributed by atoms with Crippen molar-refractivity contribution < 1.29 is 18.9 Å². The molecule has 0 heterocycles. The van der Waals surface area contributed by atoms with E-state index in [-0.39, 0.29) is 17.4 Å². The number of hydrogen-bond acceptors (Lipinski definition) is 4. The molecule has 5 nitrogen and oxygen atoms in total. The normalized spacial score (nSPS) is 12.1. The topological polar surface area (TPSA) is 83.5 Å². The number of carboxylic acids is 1. The Bertz CT molecular complexity index is 245. The lowest BCUT2D eigenvalue weighted by Gasteiger charge is -2.03. The lowest BCUT2D eigenvalue weighted by atomic mass is 10.6. The Balaban J connectivity index is 3.41. The first-order valence-electron chi connectivity index (χ1n) is 4.47. The van der Waals surface area contributed by atoms with Gasteiger partial charge >= 0.3 is 5.97 Å². The minimum Gasteiger partial charge on any atom is -0.481 e. The minimum atomic E-state index is -0.931. The van der Waals surface area contributed by atoms with Gasteiger partial charge in [-0.1, -0.05) is 6.92 Å². The number of carbonyl (C=O) groups excluding carboxylic acids is 1. The summed E-state index contributed by atoms with van der Waals surface area (Å²) in [6.07, 6.45) is 0. The van der Waals surface area contributed by atoms with Crippen molar-refractivity contribution in [3.63, 3.8) is 0 Å². The molecule has 0 aliphatic rings. The fourth-order valence-corrected chi connectivity index (χ4v) is 1.91. The van der Waals surface area contributed by atoms with Crippen LogP contribution < -0.4 is 5.32 Å². The van der Waals surface area contributed by atoms with Gasteiger partial charge in [-0.05, 0) is 0 Å². The Labute approximate surface area is 95.5 Å². The standard InChI is InChI=1S/C8H15NO4S2/c1-2-15(13)4-3-9-7(10)5-14-6-8(11)12/h2-6H2,1H3,(H,9,10)(H,11,12). The van der Waals surface area contributed by atoms with Gasteiger partial charge in [0.15, 0.2) is 0 Å². The Kier molecular flexibility index (Phi) is 8.40. The van der Waals surface area contributed by atoms with Crippen LogP contribution in [-0.4, -0.2) is 50.7 Å². The summed E-state index contributed by atoms with van der Waals surface area (Å²) in [5.41, 5.74) is 0. The van der Waals surface area contributed by atoms with Crippen LogP contribution in [0.3, 0.4) is 0 Å². The molecule has 2 N–H and O–H groups in total. The molecule has 0 aromatic carbocycles. The van der Waals surface area contributed by atoms with Crippen LogP contribution in [0.5, 0.6) is 0 Å². The third-order valence-corrected chi connectivity index (χ3v) is 3.65. The van der Waals surface area contributed by atoms with E-state index in [1.807, 2.05) is 6.92 Å². The highest BCUT2D eigenvalue weighted by Crippen LogP contribution is 1.97. The molecule has 0 saturated heterocycles. The fraction of sp³-hybridized carbons (Fsp3) is 0.750. The fourth-order valence-electron chi connectivity index (χ4n) is 0.731. The average molecular weight is 253 g/mol. The third-order valence-electron chi connectivity index (χ3n) is 1.43. The van der Waals surface area contributed by atoms with E-state index in [2.05, 4.69) is 5.32 Å². The second kappa shape index (κ2) is 8.72. The van der Waals surface area contributed by atoms with E-state index >= 15 is 0 Å². The lowest BCUT2D eigenvalue weighted by molar-refractivity contribution is -0.133. The average Bonchev–Trinajstić information content (AvgIpc) is 2.17. The summed E-state index contributed by atoms with van der Waals surface area (Å²) in [5, 5.41) is 10.9. The first-order valence-corrected chi connectivity index (χ1v) is 7.11. The summed E-state index contributed by atoms with van der Waals surface area (Å²) in [7, 11) is -0.872. The Morgan fingerprint density at radius 2 is 2.07 bits per heavy atom. The monoisotopic (exact) mass is 253 g/mol. The maximum atomic E-state index is 11.1. The minimum absolute atomic E-state index is 0.0751. The summed E-state index contributed by atoms with van der Waals surface area (Å²) in [5.74, 6) is -0.0521. The zero-order valence-electron chi connectivity index (χ0n) is 8.52. The first-order chi connectivity index (χ1) is 7.06. The van der Waals surface area contributed by atoms with E-state index in [0.717, 1.165) is 11.8 Å². The summed E-state index contributed by atoms with van der Waals surface area (Å²) in [6.45, 7) is 2.20. The Morgan fingerprint density at radius 1 is 1.40 bits per heavy atom. The number of amides is 1. The largest absolute Gasteiger partial charge is 0.481 e. The van der Waals surface area contributed by atoms with Gasteiger partial charge in [0.1, 0.15) is 0 Å². The van der Waals surface area contributed by atoms with Crippen molar-refractivity contribution >= 4 is 34.4 Å². The molecule has 0 saturated carbocycles. The van der Waals surface area contributed by atoms with Crippen molar-refractivity contribution in [1.82, 2.24) is 5.32 Å². The van der Waals surface area contributed by atoms with E-state index < -0.39 is 16.8 Å². The summed E-state index contributed by atoms with van der Waals surface area (Å²) in [6, 6.07) is 0. The number of nitrogens with one attached hydrogen (secondary N) is 1. The molecular formula is C8H15NO4S2. The molecule has 0 aromatic heterocycles. The summed E-state index contributed by atoms with van der Waals surface area (Å²) in [4.78, 5) is 21.2. The SMILES string of the molecule is CCS(=O)CCNC(=O)CSCC(=O)O. The zero-order valence-corrected chi connectivity index (χ0v) is 10.2. The number of carboxylic acid groups (broad SMARTS) is 1. The molecule has 1 unspecified atom stereocenters. The van der Waals surface area contributed by atoms with E-state index in [1.165, 1.54) is 0 Å². The van der Waals surface area contributed by atoms with Crippen LogP contribution in [0.25, 0.3) is 0 Å². The smallest absolute Gasteiger partial charge is 0.313 e. The molecule has 0 fully saturated rings. The van der Waals surface area contributed by atoms with Gasteiger partial charge in [0.05, 0.1) is 11.5 Å². The predicted octanol–water partition coefficient (Wildman–Crippen LogP) is -0.311. The highest BCUT2D eigenvalue weighted by Gasteiger charge is 2.04. The number of hydrogen-bond donors (Lipinski definition) is 2. The zero-order chi connectivity index (χ0) is 11.7. The van der Waals surface area contributed by atoms with Crippen LogP contribution in [-0.2, 0) is 20.4 Å². The van der Waals surface area contributed by atoms with Gasteiger partial charge in [0.2, 0.25) is 5.91 Å². The highest BCUT2D eigenvalue weighted by atomic mass is 32.2. The molecule has 0 spiro atoms. The summed E-state index contributed by atoms with van der Waals surface area (Å²) < 4.78 is 11.0. The molecule has 88 valence electrons. The molecule has 0 aromatic rings. The molecule has 0 rings (SSSR count). The lowest BCUT2D eigenvalue weighted by Crippen LogP contribution is -2.29. The van der Waals surface area contributed by atoms with Gasteiger partial charge in [0, 0.05) is 28.9 Å². The van der Waals surface area contributed by atoms with Crippen molar-refractivity contribution in [2.45, 2.75) is 6.92 Å². The van der Waals surface area contributed by atoms with E-state index in [0.29, 0.717) is 18.1 Å². The number of thioether (sulfide) groups is 1. The molecule has 0 aliphatic heterocycles. The second-order valence-corrected chi connectivity index (χ2v) is 5.52. The second-order valence-electron chi connectivity index (χ2n) is 2.67. The van der Waals surface area contributed by atoms with Crippen LogP contribution >= 0.6 is 11.8 Å². The van der Waals surface area contributed by atoms with E-state index in [4.69, 9.17) is 5.11 Å². The van der Waals surface area contributed by atoms with Crippen LogP contribution in [0.15, 0.2) is 0 Å². The van der Waals surface area contributed by atoms with E-state index in [9.17, 15) is 13.8 Å². The molecule has 0 radical (unpaired) electrons. The molecular weight excluding hydrogens is 238 g/mol. The molecule has 1 amide bonds. The quantitative estimate of drug-likeness (QED) is 0.620. The maximum Gasteiger partial charge on any atom is 0.313 e. The number of aliphatic carboxylic acids is 1. The maximum absolute atomic E-state index is 11.1. The van der Waals surface area contributed by atoms with E-state index in [1.54, 1.807) is 0 Å². The van der Waals surface area contributed by atoms with Gasteiger partial charge in [-0.3, -0.25) is 13.8 Å². The molecule has 15 heavy (non-hydrogen) atoms. The van der Waals surface area contributed by atoms with Crippen molar-refractivity contribution in [1.29, 1.82) is 0 Å². The van der Waals surface area contributed by atoms with Gasteiger partial charge in [-0.2, -0.15) is 0 Å². The number of rotatable bonds is 8. The van der Waals surface area contributed by atoms with Crippen LogP contribution in [0, 0.1) is 0 Å². The molecule has 0 aliphatic carbocycles. The number of carbonyl (C=O) groups is 2. The van der Waals surface area contributed by atoms with Crippen LogP contribution in [0.1, 0.15) is 6.92 Å². The highest BCUT2D eigenvalue weighted by molar-refractivity contribution is 8.00. The molecule has 0 bridgehead atoms. The van der Waals surface area contributed by atoms with Crippen LogP contribution in [0.4, 0.5) is 0 Å². The predicted molar refractivity (Wildman–Crippen MR) is 61.5 cm³/mol.